The largest absolute Gasteiger partial charge is 0.333 e. The second-order valence-electron chi connectivity index (χ2n) is 11.8. The molecule has 0 saturated heterocycles. The van der Waals surface area contributed by atoms with Crippen LogP contribution in [0.5, 0.6) is 0 Å². The number of rotatable bonds is 3. The zero-order valence-corrected chi connectivity index (χ0v) is 27.3. The molecule has 0 bridgehead atoms. The zero-order valence-electron chi connectivity index (χ0n) is 24.0. The van der Waals surface area contributed by atoms with Crippen LogP contribution in [0.1, 0.15) is 64.2 Å². The Morgan fingerprint density at radius 1 is 0.643 bits per heavy atom. The van der Waals surface area contributed by atoms with E-state index in [0.29, 0.717) is 11.3 Å². The number of hydrogen-bond donors (Lipinski definition) is 0. The second kappa shape index (κ2) is 12.8. The standard InChI is InChI=1S/C19H11N2.C18H26OP.Ir/c1-2-9-15-13(7-1)14-8-3-5-11-17(14)21-18-12-6-4-10-16(18)20-19(15)21;19-20(16-10-4-1-5-11-16,17-12-6-2-7-13-17)18-14-8-3-9-15-18;/h1-8,10-12H;1,4-5,10,17-18H,2-3,6-9,12-15H2;/q2*-1;. The van der Waals surface area contributed by atoms with Gasteiger partial charge in [0.2, 0.25) is 0 Å². The van der Waals surface area contributed by atoms with Crippen molar-refractivity contribution >= 4 is 50.8 Å². The molecule has 0 amide bonds. The average Bonchev–Trinajstić information content (AvgIpc) is 3.46. The molecule has 3 nitrogen and oxygen atoms in total. The first-order valence-corrected chi connectivity index (χ1v) is 17.2. The molecule has 0 N–H and O–H groups in total. The topological polar surface area (TPSA) is 34.4 Å². The van der Waals surface area contributed by atoms with Gasteiger partial charge >= 0.3 is 0 Å². The van der Waals surface area contributed by atoms with E-state index in [-0.39, 0.29) is 20.1 Å². The van der Waals surface area contributed by atoms with Gasteiger partial charge in [0.25, 0.3) is 0 Å². The molecule has 6 aromatic rings. The number of aromatic nitrogens is 2. The van der Waals surface area contributed by atoms with Gasteiger partial charge in [0.05, 0.1) is 23.8 Å². The Hall–Kier alpha value is -2.77. The molecule has 2 heterocycles. The summed E-state index contributed by atoms with van der Waals surface area (Å²) in [5, 5.41) is 4.57. The van der Waals surface area contributed by atoms with Crippen LogP contribution in [-0.2, 0) is 24.7 Å². The van der Waals surface area contributed by atoms with Gasteiger partial charge in [0.15, 0.2) is 0 Å². The van der Waals surface area contributed by atoms with Crippen LogP contribution in [0.4, 0.5) is 0 Å². The van der Waals surface area contributed by atoms with Gasteiger partial charge in [0, 0.05) is 36.9 Å². The molecule has 4 aromatic carbocycles. The maximum Gasteiger partial charge on any atom is 0.0978 e. The molecular weight excluding hydrogens is 712 g/mol. The van der Waals surface area contributed by atoms with Gasteiger partial charge in [-0.25, -0.2) is 0 Å². The Morgan fingerprint density at radius 2 is 1.24 bits per heavy atom. The summed E-state index contributed by atoms with van der Waals surface area (Å²) in [6, 6.07) is 37.7. The summed E-state index contributed by atoms with van der Waals surface area (Å²) in [5.74, 6) is 0. The molecule has 2 saturated carbocycles. The van der Waals surface area contributed by atoms with Crippen molar-refractivity contribution in [3.05, 3.63) is 103 Å². The summed E-state index contributed by atoms with van der Waals surface area (Å²) in [7, 11) is -2.28. The van der Waals surface area contributed by atoms with Gasteiger partial charge < -0.3 is 8.97 Å². The molecule has 2 aliphatic carbocycles. The van der Waals surface area contributed by atoms with E-state index in [1.165, 1.54) is 80.5 Å². The average molecular weight is 749 g/mol. The van der Waals surface area contributed by atoms with Crippen molar-refractivity contribution in [2.24, 2.45) is 0 Å². The van der Waals surface area contributed by atoms with Crippen LogP contribution in [0.2, 0.25) is 0 Å². The zero-order chi connectivity index (χ0) is 27.6. The maximum absolute atomic E-state index is 14.1. The van der Waals surface area contributed by atoms with Crippen LogP contribution in [0.15, 0.2) is 91.0 Å². The van der Waals surface area contributed by atoms with Crippen molar-refractivity contribution in [2.75, 3.05) is 0 Å². The Morgan fingerprint density at radius 3 is 1.93 bits per heavy atom. The van der Waals surface area contributed by atoms with Crippen LogP contribution in [0.3, 0.4) is 0 Å². The minimum Gasteiger partial charge on any atom is -0.333 e. The van der Waals surface area contributed by atoms with E-state index in [1.807, 2.05) is 36.4 Å². The predicted octanol–water partition coefficient (Wildman–Crippen LogP) is 9.73. The van der Waals surface area contributed by atoms with Crippen molar-refractivity contribution < 1.29 is 24.7 Å². The third-order valence-electron chi connectivity index (χ3n) is 9.38. The summed E-state index contributed by atoms with van der Waals surface area (Å²) >= 11 is 0. The Bertz CT molecular complexity index is 1830. The molecular formula is C37H37IrN2OP-2. The van der Waals surface area contributed by atoms with Crippen LogP contribution in [0, 0.1) is 12.1 Å². The molecule has 5 heteroatoms. The molecule has 0 atom stereocenters. The number of benzene rings is 4. The smallest absolute Gasteiger partial charge is 0.0978 e. The Labute approximate surface area is 262 Å². The van der Waals surface area contributed by atoms with Crippen molar-refractivity contribution in [3.8, 4) is 0 Å². The molecule has 1 radical (unpaired) electrons. The molecule has 2 aromatic heterocycles. The first-order valence-electron chi connectivity index (χ1n) is 15.4. The van der Waals surface area contributed by atoms with E-state index in [0.717, 1.165) is 27.4 Å². The third-order valence-corrected chi connectivity index (χ3v) is 13.6. The summed E-state index contributed by atoms with van der Waals surface area (Å²) < 4.78 is 16.3. The van der Waals surface area contributed by atoms with Gasteiger partial charge in [-0.2, -0.15) is 30.3 Å². The fraction of sp³-hybridized carbons (Fsp3) is 0.324. The van der Waals surface area contributed by atoms with E-state index in [2.05, 4.69) is 71.1 Å². The van der Waals surface area contributed by atoms with Crippen molar-refractivity contribution in [2.45, 2.75) is 75.5 Å². The third kappa shape index (κ3) is 5.28. The predicted molar refractivity (Wildman–Crippen MR) is 173 cm³/mol. The van der Waals surface area contributed by atoms with Crippen molar-refractivity contribution in [1.82, 2.24) is 9.38 Å². The minimum absolute atomic E-state index is 0. The first kappa shape index (κ1) is 29.3. The van der Waals surface area contributed by atoms with Crippen LogP contribution >= 0.6 is 7.14 Å². The number of pyridine rings is 1. The monoisotopic (exact) mass is 749 g/mol. The molecule has 0 spiro atoms. The number of para-hydroxylation sites is 3. The number of hydrogen-bond acceptors (Lipinski definition) is 2. The second-order valence-corrected chi connectivity index (χ2v) is 15.1. The van der Waals surface area contributed by atoms with Crippen LogP contribution in [0.25, 0.3) is 38.4 Å². The number of nitrogens with zero attached hydrogens (tertiary/aromatic N) is 2. The molecule has 8 rings (SSSR count). The fourth-order valence-corrected chi connectivity index (χ4v) is 11.6. The van der Waals surface area contributed by atoms with Crippen LogP contribution < -0.4 is 5.30 Å². The summed E-state index contributed by atoms with van der Waals surface area (Å²) in [6.07, 6.45) is 12.5. The number of fused-ring (bicyclic) bond motifs is 8. The van der Waals surface area contributed by atoms with Gasteiger partial charge in [-0.1, -0.05) is 74.2 Å². The van der Waals surface area contributed by atoms with E-state index in [9.17, 15) is 4.57 Å². The SMILES string of the molecule is O=P(c1[c-]cccc1)(C1CCCCC1)C1CCCCC1.[Ir].[c-]1cccc2c1c1nc3ccccc3n1c1ccccc21. The van der Waals surface area contributed by atoms with E-state index in [1.54, 1.807) is 0 Å². The molecule has 217 valence electrons. The normalized spacial score (nSPS) is 16.8. The first-order chi connectivity index (χ1) is 20.2. The van der Waals surface area contributed by atoms with Crippen LogP contribution in [-0.4, -0.2) is 20.7 Å². The van der Waals surface area contributed by atoms with E-state index >= 15 is 0 Å². The maximum atomic E-state index is 14.1. The Kier molecular flexibility index (Phi) is 8.96. The Balaban J connectivity index is 0.000000147. The van der Waals surface area contributed by atoms with E-state index < -0.39 is 7.14 Å². The van der Waals surface area contributed by atoms with Crippen molar-refractivity contribution in [1.29, 1.82) is 0 Å². The minimum atomic E-state index is -2.28. The number of imidazole rings is 1. The van der Waals surface area contributed by atoms with Gasteiger partial charge in [0.1, 0.15) is 0 Å². The summed E-state index contributed by atoms with van der Waals surface area (Å²) in [4.78, 5) is 4.83. The molecule has 42 heavy (non-hydrogen) atoms. The van der Waals surface area contributed by atoms with Gasteiger partial charge in [-0.05, 0) is 49.3 Å². The molecule has 0 unspecified atom stereocenters. The molecule has 2 aliphatic rings. The molecule has 2 fully saturated rings. The van der Waals surface area contributed by atoms with Gasteiger partial charge in [-0.3, -0.25) is 4.98 Å². The fourth-order valence-electron chi connectivity index (χ4n) is 7.40. The van der Waals surface area contributed by atoms with Crippen molar-refractivity contribution in [3.63, 3.8) is 0 Å². The molecule has 0 aliphatic heterocycles. The van der Waals surface area contributed by atoms with Gasteiger partial charge in [-0.15, -0.1) is 35.0 Å². The van der Waals surface area contributed by atoms with E-state index in [4.69, 9.17) is 4.98 Å². The quantitative estimate of drug-likeness (QED) is 0.103. The summed E-state index contributed by atoms with van der Waals surface area (Å²) in [5.41, 5.74) is 5.21. The summed E-state index contributed by atoms with van der Waals surface area (Å²) in [6.45, 7) is 0.